The van der Waals surface area contributed by atoms with Crippen LogP contribution in [0.5, 0.6) is 11.5 Å². The first kappa shape index (κ1) is 21.9. The second-order valence-corrected chi connectivity index (χ2v) is 6.89. The van der Waals surface area contributed by atoms with E-state index in [-0.39, 0.29) is 5.70 Å². The van der Waals surface area contributed by atoms with Gasteiger partial charge in [-0.25, -0.2) is 0 Å². The molecular weight excluding hydrogens is 416 g/mol. The van der Waals surface area contributed by atoms with Crippen LogP contribution in [0.3, 0.4) is 0 Å². The molecule has 0 unspecified atom stereocenters. The predicted octanol–water partition coefficient (Wildman–Crippen LogP) is 4.77. The third kappa shape index (κ3) is 5.87. The SMILES string of the molecule is COc1ccc(/C=C(\NC(=O)c2ccccc2)C(=O)Nc2ccc(Cl)cc2)cc1OC. The van der Waals surface area contributed by atoms with E-state index in [1.165, 1.54) is 7.11 Å². The Balaban J connectivity index is 1.92. The van der Waals surface area contributed by atoms with Crippen molar-refractivity contribution in [1.29, 1.82) is 0 Å². The molecule has 0 atom stereocenters. The average Bonchev–Trinajstić information content (AvgIpc) is 2.80. The molecule has 0 bridgehead atoms. The second kappa shape index (κ2) is 10.3. The zero-order valence-corrected chi connectivity index (χ0v) is 17.8. The molecule has 2 amide bonds. The molecule has 0 saturated carbocycles. The normalized spacial score (nSPS) is 10.9. The van der Waals surface area contributed by atoms with Crippen LogP contribution < -0.4 is 20.1 Å². The van der Waals surface area contributed by atoms with Crippen LogP contribution in [0.1, 0.15) is 15.9 Å². The van der Waals surface area contributed by atoms with Crippen LogP contribution in [0.25, 0.3) is 6.08 Å². The van der Waals surface area contributed by atoms with Gasteiger partial charge in [0.2, 0.25) is 0 Å². The highest BCUT2D eigenvalue weighted by Gasteiger charge is 2.15. The number of carbonyl (C=O) groups is 2. The molecule has 0 aliphatic heterocycles. The number of ether oxygens (including phenoxy) is 2. The molecule has 2 N–H and O–H groups in total. The molecule has 0 heterocycles. The van der Waals surface area contributed by atoms with Crippen molar-refractivity contribution in [1.82, 2.24) is 5.32 Å². The van der Waals surface area contributed by atoms with Crippen molar-refractivity contribution in [2.75, 3.05) is 19.5 Å². The lowest BCUT2D eigenvalue weighted by Gasteiger charge is -2.12. The molecule has 3 aromatic rings. The number of carbonyl (C=O) groups excluding carboxylic acids is 2. The van der Waals surface area contributed by atoms with Gasteiger partial charge in [0.05, 0.1) is 14.2 Å². The number of amides is 2. The lowest BCUT2D eigenvalue weighted by Crippen LogP contribution is -2.30. The molecule has 0 aromatic heterocycles. The Morgan fingerprint density at radius 1 is 0.871 bits per heavy atom. The minimum Gasteiger partial charge on any atom is -0.493 e. The summed E-state index contributed by atoms with van der Waals surface area (Å²) in [5.41, 5.74) is 1.69. The number of hydrogen-bond donors (Lipinski definition) is 2. The van der Waals surface area contributed by atoms with Crippen molar-refractivity contribution in [3.05, 3.63) is 94.6 Å². The molecule has 0 saturated heterocycles. The Labute approximate surface area is 185 Å². The van der Waals surface area contributed by atoms with Crippen LogP contribution in [-0.4, -0.2) is 26.0 Å². The minimum absolute atomic E-state index is 0.0658. The first-order chi connectivity index (χ1) is 15.0. The van der Waals surface area contributed by atoms with Crippen LogP contribution in [0.2, 0.25) is 5.02 Å². The maximum atomic E-state index is 13.0. The van der Waals surface area contributed by atoms with E-state index in [4.69, 9.17) is 21.1 Å². The summed E-state index contributed by atoms with van der Waals surface area (Å²) in [6, 6.07) is 20.5. The maximum absolute atomic E-state index is 13.0. The highest BCUT2D eigenvalue weighted by Crippen LogP contribution is 2.28. The molecule has 6 nitrogen and oxygen atoms in total. The molecule has 0 aliphatic carbocycles. The summed E-state index contributed by atoms with van der Waals surface area (Å²) in [4.78, 5) is 25.6. The van der Waals surface area contributed by atoms with Crippen molar-refractivity contribution >= 4 is 35.2 Å². The van der Waals surface area contributed by atoms with Gasteiger partial charge in [0.1, 0.15) is 5.70 Å². The summed E-state index contributed by atoms with van der Waals surface area (Å²) in [5.74, 6) is 0.170. The first-order valence-corrected chi connectivity index (χ1v) is 9.75. The van der Waals surface area contributed by atoms with E-state index in [0.717, 1.165) is 0 Å². The minimum atomic E-state index is -0.485. The molecule has 158 valence electrons. The van der Waals surface area contributed by atoms with Crippen LogP contribution in [0, 0.1) is 0 Å². The van der Waals surface area contributed by atoms with E-state index in [1.54, 1.807) is 79.9 Å². The highest BCUT2D eigenvalue weighted by atomic mass is 35.5. The third-order valence-corrected chi connectivity index (χ3v) is 4.60. The van der Waals surface area contributed by atoms with Gasteiger partial charge in [-0.3, -0.25) is 9.59 Å². The molecule has 0 fully saturated rings. The summed E-state index contributed by atoms with van der Waals surface area (Å²) in [6.07, 6.45) is 1.56. The Morgan fingerprint density at radius 2 is 1.55 bits per heavy atom. The second-order valence-electron chi connectivity index (χ2n) is 6.45. The van der Waals surface area contributed by atoms with Crippen molar-refractivity contribution in [3.63, 3.8) is 0 Å². The number of nitrogens with one attached hydrogen (secondary N) is 2. The monoisotopic (exact) mass is 436 g/mol. The number of rotatable bonds is 7. The van der Waals surface area contributed by atoms with E-state index in [9.17, 15) is 9.59 Å². The highest BCUT2D eigenvalue weighted by molar-refractivity contribution is 6.30. The van der Waals surface area contributed by atoms with Crippen LogP contribution in [-0.2, 0) is 4.79 Å². The van der Waals surface area contributed by atoms with Gasteiger partial charge >= 0.3 is 0 Å². The Morgan fingerprint density at radius 3 is 2.19 bits per heavy atom. The molecule has 3 rings (SSSR count). The van der Waals surface area contributed by atoms with E-state index in [1.807, 2.05) is 6.07 Å². The van der Waals surface area contributed by atoms with E-state index in [2.05, 4.69) is 10.6 Å². The van der Waals surface area contributed by atoms with Gasteiger partial charge in [0.15, 0.2) is 11.5 Å². The zero-order valence-electron chi connectivity index (χ0n) is 17.0. The molecule has 0 aliphatic rings. The maximum Gasteiger partial charge on any atom is 0.272 e. The Bertz CT molecular complexity index is 1100. The number of halogens is 1. The Hall–Kier alpha value is -3.77. The topological polar surface area (TPSA) is 76.7 Å². The predicted molar refractivity (Wildman–Crippen MR) is 122 cm³/mol. The van der Waals surface area contributed by atoms with Crippen LogP contribution in [0.4, 0.5) is 5.69 Å². The summed E-state index contributed by atoms with van der Waals surface area (Å²) < 4.78 is 10.6. The molecule has 7 heteroatoms. The number of methoxy groups -OCH3 is 2. The molecule has 31 heavy (non-hydrogen) atoms. The summed E-state index contributed by atoms with van der Waals surface area (Å²) in [6.45, 7) is 0. The van der Waals surface area contributed by atoms with Gasteiger partial charge in [-0.15, -0.1) is 0 Å². The largest absolute Gasteiger partial charge is 0.493 e. The fourth-order valence-corrected chi connectivity index (χ4v) is 2.91. The zero-order chi connectivity index (χ0) is 22.2. The average molecular weight is 437 g/mol. The quantitative estimate of drug-likeness (QED) is 0.523. The van der Waals surface area contributed by atoms with E-state index >= 15 is 0 Å². The van der Waals surface area contributed by atoms with Gasteiger partial charge in [-0.2, -0.15) is 0 Å². The molecule has 3 aromatic carbocycles. The van der Waals surface area contributed by atoms with Gasteiger partial charge in [0, 0.05) is 16.3 Å². The molecule has 0 spiro atoms. The number of anilines is 1. The molecular formula is C24H21ClN2O4. The van der Waals surface area contributed by atoms with Crippen LogP contribution in [0.15, 0.2) is 78.5 Å². The van der Waals surface area contributed by atoms with Gasteiger partial charge in [0.25, 0.3) is 11.8 Å². The van der Waals surface area contributed by atoms with Crippen molar-refractivity contribution < 1.29 is 19.1 Å². The Kier molecular flexibility index (Phi) is 7.30. The van der Waals surface area contributed by atoms with Gasteiger partial charge in [-0.1, -0.05) is 35.9 Å². The number of benzene rings is 3. The third-order valence-electron chi connectivity index (χ3n) is 4.35. The fourth-order valence-electron chi connectivity index (χ4n) is 2.78. The lowest BCUT2D eigenvalue weighted by molar-refractivity contribution is -0.113. The van der Waals surface area contributed by atoms with Crippen molar-refractivity contribution in [2.24, 2.45) is 0 Å². The van der Waals surface area contributed by atoms with Crippen molar-refractivity contribution in [2.45, 2.75) is 0 Å². The van der Waals surface area contributed by atoms with Crippen molar-refractivity contribution in [3.8, 4) is 11.5 Å². The smallest absolute Gasteiger partial charge is 0.272 e. The summed E-state index contributed by atoms with van der Waals surface area (Å²) in [7, 11) is 3.06. The van der Waals surface area contributed by atoms with Gasteiger partial charge < -0.3 is 20.1 Å². The fraction of sp³-hybridized carbons (Fsp3) is 0.0833. The lowest BCUT2D eigenvalue weighted by atomic mass is 10.1. The first-order valence-electron chi connectivity index (χ1n) is 9.37. The van der Waals surface area contributed by atoms with E-state index in [0.29, 0.717) is 33.3 Å². The number of hydrogen-bond acceptors (Lipinski definition) is 4. The van der Waals surface area contributed by atoms with Crippen LogP contribution >= 0.6 is 11.6 Å². The summed E-state index contributed by atoms with van der Waals surface area (Å²) >= 11 is 5.90. The molecule has 0 radical (unpaired) electrons. The van der Waals surface area contributed by atoms with E-state index < -0.39 is 11.8 Å². The summed E-state index contributed by atoms with van der Waals surface area (Å²) in [5, 5.41) is 6.00. The van der Waals surface area contributed by atoms with Gasteiger partial charge in [-0.05, 0) is 60.2 Å². The standard InChI is InChI=1S/C24H21ClN2O4/c1-30-21-13-8-16(15-22(21)31-2)14-20(27-23(28)17-6-4-3-5-7-17)24(29)26-19-11-9-18(25)10-12-19/h3-15H,1-2H3,(H,26,29)(H,27,28)/b20-14-.